The molecule has 1 aromatic rings. The molecule has 0 unspecified atom stereocenters. The minimum Gasteiger partial charge on any atom is -0.491 e. The van der Waals surface area contributed by atoms with E-state index in [-0.39, 0.29) is 0 Å². The van der Waals surface area contributed by atoms with Crippen LogP contribution in [0.3, 0.4) is 0 Å². The summed E-state index contributed by atoms with van der Waals surface area (Å²) in [7, 11) is 1.66. The minimum atomic E-state index is -0.605. The van der Waals surface area contributed by atoms with Crippen molar-refractivity contribution in [3.8, 4) is 5.75 Å². The number of aliphatic hydroxyl groups is 1. The van der Waals surface area contributed by atoms with Crippen molar-refractivity contribution in [3.05, 3.63) is 29.8 Å². The predicted molar refractivity (Wildman–Crippen MR) is 76.4 cm³/mol. The minimum absolute atomic E-state index is 0.569. The van der Waals surface area contributed by atoms with E-state index >= 15 is 0 Å². The largest absolute Gasteiger partial charge is 0.491 e. The topological polar surface area (TPSA) is 50.7 Å². The van der Waals surface area contributed by atoms with E-state index < -0.39 is 5.60 Å². The van der Waals surface area contributed by atoms with Gasteiger partial charge in [-0.15, -0.1) is 0 Å². The van der Waals surface area contributed by atoms with Gasteiger partial charge >= 0.3 is 0 Å². The van der Waals surface area contributed by atoms with E-state index in [1.807, 2.05) is 38.1 Å². The van der Waals surface area contributed by atoms with Gasteiger partial charge in [-0.2, -0.15) is 0 Å². The number of rotatable bonds is 9. The van der Waals surface area contributed by atoms with Crippen molar-refractivity contribution in [1.29, 1.82) is 0 Å². The molecule has 0 heterocycles. The van der Waals surface area contributed by atoms with Gasteiger partial charge in [0.1, 0.15) is 12.4 Å². The molecule has 0 saturated carbocycles. The fourth-order valence-corrected chi connectivity index (χ4v) is 1.57. The van der Waals surface area contributed by atoms with Gasteiger partial charge in [-0.3, -0.25) is 0 Å². The molecule has 0 amide bonds. The average Bonchev–Trinajstić information content (AvgIpc) is 2.36. The van der Waals surface area contributed by atoms with Crippen LogP contribution >= 0.6 is 0 Å². The maximum Gasteiger partial charge on any atom is 0.119 e. The highest BCUT2D eigenvalue weighted by atomic mass is 16.5. The first-order chi connectivity index (χ1) is 9.01. The normalized spacial score (nSPS) is 11.6. The Morgan fingerprint density at radius 1 is 1.16 bits per heavy atom. The highest BCUT2D eigenvalue weighted by Gasteiger charge is 2.10. The van der Waals surface area contributed by atoms with Crippen LogP contribution in [0.15, 0.2) is 24.3 Å². The van der Waals surface area contributed by atoms with E-state index in [1.54, 1.807) is 7.11 Å². The molecule has 19 heavy (non-hydrogen) atoms. The molecule has 0 aliphatic heterocycles. The van der Waals surface area contributed by atoms with Gasteiger partial charge in [-0.1, -0.05) is 12.1 Å². The molecule has 0 aromatic heterocycles. The van der Waals surface area contributed by atoms with Crippen molar-refractivity contribution in [1.82, 2.24) is 5.32 Å². The number of hydrogen-bond acceptors (Lipinski definition) is 4. The Hall–Kier alpha value is -1.10. The monoisotopic (exact) mass is 267 g/mol. The molecule has 0 fully saturated rings. The Morgan fingerprint density at radius 3 is 2.42 bits per heavy atom. The van der Waals surface area contributed by atoms with E-state index in [0.29, 0.717) is 13.2 Å². The molecule has 0 spiro atoms. The van der Waals surface area contributed by atoms with Gasteiger partial charge in [-0.05, 0) is 44.5 Å². The summed E-state index contributed by atoms with van der Waals surface area (Å²) in [6.07, 6.45) is 0.741. The lowest BCUT2D eigenvalue weighted by Crippen LogP contribution is -2.26. The summed E-state index contributed by atoms with van der Waals surface area (Å²) < 4.78 is 10.4. The van der Waals surface area contributed by atoms with Gasteiger partial charge in [-0.25, -0.2) is 0 Å². The van der Waals surface area contributed by atoms with E-state index in [0.717, 1.165) is 25.3 Å². The van der Waals surface area contributed by atoms with Gasteiger partial charge < -0.3 is 19.9 Å². The van der Waals surface area contributed by atoms with Crippen LogP contribution in [-0.4, -0.2) is 37.6 Å². The van der Waals surface area contributed by atoms with Crippen LogP contribution in [0.5, 0.6) is 5.75 Å². The molecule has 0 bridgehead atoms. The Bertz CT molecular complexity index is 343. The molecule has 4 heteroatoms. The van der Waals surface area contributed by atoms with Crippen molar-refractivity contribution < 1.29 is 14.6 Å². The van der Waals surface area contributed by atoms with E-state index in [1.165, 1.54) is 5.56 Å². The zero-order chi connectivity index (χ0) is 14.1. The first-order valence-electron chi connectivity index (χ1n) is 6.65. The lowest BCUT2D eigenvalue weighted by molar-refractivity contribution is 0.0711. The van der Waals surface area contributed by atoms with Crippen LogP contribution in [-0.2, 0) is 11.3 Å². The third-order valence-electron chi connectivity index (χ3n) is 2.72. The highest BCUT2D eigenvalue weighted by Crippen LogP contribution is 2.12. The second-order valence-electron chi connectivity index (χ2n) is 5.22. The standard InChI is InChI=1S/C15H25NO3/c1-15(2,17)8-9-16-12-13-4-6-14(7-5-13)19-11-10-18-3/h4-7,16-17H,8-12H2,1-3H3. The Kier molecular flexibility index (Phi) is 6.84. The molecular formula is C15H25NO3. The maximum atomic E-state index is 9.59. The zero-order valence-electron chi connectivity index (χ0n) is 12.1. The zero-order valence-corrected chi connectivity index (χ0v) is 12.1. The summed E-state index contributed by atoms with van der Waals surface area (Å²) in [4.78, 5) is 0. The smallest absolute Gasteiger partial charge is 0.119 e. The molecule has 1 rings (SSSR count). The fraction of sp³-hybridized carbons (Fsp3) is 0.600. The van der Waals surface area contributed by atoms with Crippen LogP contribution in [0.2, 0.25) is 0 Å². The molecule has 0 atom stereocenters. The highest BCUT2D eigenvalue weighted by molar-refractivity contribution is 5.27. The van der Waals surface area contributed by atoms with E-state index in [4.69, 9.17) is 9.47 Å². The van der Waals surface area contributed by atoms with Crippen LogP contribution in [0.25, 0.3) is 0 Å². The van der Waals surface area contributed by atoms with Crippen LogP contribution < -0.4 is 10.1 Å². The third-order valence-corrected chi connectivity index (χ3v) is 2.72. The summed E-state index contributed by atoms with van der Waals surface area (Å²) in [5, 5.41) is 12.9. The van der Waals surface area contributed by atoms with Gasteiger partial charge in [0.05, 0.1) is 12.2 Å². The second-order valence-corrected chi connectivity index (χ2v) is 5.22. The molecule has 1 aromatic carbocycles. The molecule has 4 nitrogen and oxygen atoms in total. The van der Waals surface area contributed by atoms with Gasteiger partial charge in [0.2, 0.25) is 0 Å². The van der Waals surface area contributed by atoms with Gasteiger partial charge in [0.15, 0.2) is 0 Å². The lowest BCUT2D eigenvalue weighted by Gasteiger charge is -2.17. The number of hydrogen-bond donors (Lipinski definition) is 2. The SMILES string of the molecule is COCCOc1ccc(CNCCC(C)(C)O)cc1. The Balaban J connectivity index is 2.24. The van der Waals surface area contributed by atoms with Crippen molar-refractivity contribution >= 4 is 0 Å². The molecular weight excluding hydrogens is 242 g/mol. The van der Waals surface area contributed by atoms with Crippen molar-refractivity contribution in [2.75, 3.05) is 26.9 Å². The molecule has 0 aliphatic carbocycles. The number of methoxy groups -OCH3 is 1. The second kappa shape index (κ2) is 8.15. The van der Waals surface area contributed by atoms with Crippen LogP contribution in [0.1, 0.15) is 25.8 Å². The fourth-order valence-electron chi connectivity index (χ4n) is 1.57. The number of ether oxygens (including phenoxy) is 2. The van der Waals surface area contributed by atoms with Crippen molar-refractivity contribution in [2.24, 2.45) is 0 Å². The quantitative estimate of drug-likeness (QED) is 0.672. The average molecular weight is 267 g/mol. The predicted octanol–water partition coefficient (Wildman–Crippen LogP) is 1.96. The van der Waals surface area contributed by atoms with Crippen LogP contribution in [0.4, 0.5) is 0 Å². The molecule has 0 aliphatic rings. The van der Waals surface area contributed by atoms with Crippen LogP contribution in [0, 0.1) is 0 Å². The molecule has 0 saturated heterocycles. The van der Waals surface area contributed by atoms with Crippen molar-refractivity contribution in [3.63, 3.8) is 0 Å². The third kappa shape index (κ3) is 7.82. The Labute approximate surface area is 115 Å². The number of benzene rings is 1. The Morgan fingerprint density at radius 2 is 1.84 bits per heavy atom. The summed E-state index contributed by atoms with van der Waals surface area (Å²) in [5.41, 5.74) is 0.598. The van der Waals surface area contributed by atoms with Gasteiger partial charge in [0, 0.05) is 13.7 Å². The summed E-state index contributed by atoms with van der Waals surface area (Å²) >= 11 is 0. The summed E-state index contributed by atoms with van der Waals surface area (Å²) in [6, 6.07) is 8.00. The number of nitrogens with one attached hydrogen (secondary N) is 1. The van der Waals surface area contributed by atoms with Crippen molar-refractivity contribution in [2.45, 2.75) is 32.4 Å². The molecule has 0 radical (unpaired) electrons. The molecule has 2 N–H and O–H groups in total. The first-order valence-corrected chi connectivity index (χ1v) is 6.65. The van der Waals surface area contributed by atoms with E-state index in [9.17, 15) is 5.11 Å². The summed E-state index contributed by atoms with van der Waals surface area (Å²) in [5.74, 6) is 0.859. The summed E-state index contributed by atoms with van der Waals surface area (Å²) in [6.45, 7) is 6.41. The maximum absolute atomic E-state index is 9.59. The molecule has 108 valence electrons. The van der Waals surface area contributed by atoms with E-state index in [2.05, 4.69) is 5.32 Å². The first kappa shape index (κ1) is 16.0. The van der Waals surface area contributed by atoms with Gasteiger partial charge in [0.25, 0.3) is 0 Å². The lowest BCUT2D eigenvalue weighted by atomic mass is 10.1.